The Hall–Kier alpha value is -2.73. The molecule has 0 saturated heterocycles. The summed E-state index contributed by atoms with van der Waals surface area (Å²) in [6, 6.07) is 9.99. The van der Waals surface area contributed by atoms with Gasteiger partial charge < -0.3 is 5.32 Å². The highest BCUT2D eigenvalue weighted by atomic mass is 32.1. The van der Waals surface area contributed by atoms with Gasteiger partial charge >= 0.3 is 0 Å². The Bertz CT molecular complexity index is 928. The Morgan fingerprint density at radius 2 is 2.22 bits per heavy atom. The summed E-state index contributed by atoms with van der Waals surface area (Å²) in [5, 5.41) is 12.1. The molecule has 0 unspecified atom stereocenters. The van der Waals surface area contributed by atoms with Gasteiger partial charge in [-0.05, 0) is 41.4 Å². The van der Waals surface area contributed by atoms with Crippen LogP contribution < -0.4 is 5.32 Å². The highest BCUT2D eigenvalue weighted by Crippen LogP contribution is 2.27. The highest BCUT2D eigenvalue weighted by molar-refractivity contribution is 7.08. The lowest BCUT2D eigenvalue weighted by molar-refractivity contribution is 0.909. The summed E-state index contributed by atoms with van der Waals surface area (Å²) < 4.78 is 1.85. The minimum atomic E-state index is 0.646. The number of aromatic nitrogens is 4. The van der Waals surface area contributed by atoms with Crippen molar-refractivity contribution in [2.75, 3.05) is 5.32 Å². The zero-order chi connectivity index (χ0) is 15.6. The molecule has 0 aliphatic rings. The lowest BCUT2D eigenvalue weighted by Gasteiger charge is -2.09. The van der Waals surface area contributed by atoms with Crippen LogP contribution in [-0.2, 0) is 6.54 Å². The van der Waals surface area contributed by atoms with Crippen molar-refractivity contribution < 1.29 is 0 Å². The quantitative estimate of drug-likeness (QED) is 0.621. The SMILES string of the molecule is Cc1cc(NCc2ccccn2)n2ncc(-c3ccsc3)c2n1. The summed E-state index contributed by atoms with van der Waals surface area (Å²) in [5.41, 5.74) is 5.01. The lowest BCUT2D eigenvalue weighted by Crippen LogP contribution is -2.07. The monoisotopic (exact) mass is 321 g/mol. The first kappa shape index (κ1) is 13.9. The van der Waals surface area contributed by atoms with Crippen LogP contribution in [0.3, 0.4) is 0 Å². The average Bonchev–Trinajstić information content (AvgIpc) is 3.22. The molecule has 0 aliphatic heterocycles. The second-order valence-electron chi connectivity index (χ2n) is 5.26. The number of fused-ring (bicyclic) bond motifs is 1. The van der Waals surface area contributed by atoms with E-state index in [1.54, 1.807) is 17.5 Å². The first-order chi connectivity index (χ1) is 11.3. The van der Waals surface area contributed by atoms with E-state index in [2.05, 4.69) is 37.2 Å². The topological polar surface area (TPSA) is 55.1 Å². The van der Waals surface area contributed by atoms with Gasteiger partial charge in [0, 0.05) is 23.5 Å². The van der Waals surface area contributed by atoms with Gasteiger partial charge in [-0.15, -0.1) is 0 Å². The van der Waals surface area contributed by atoms with Crippen molar-refractivity contribution in [1.82, 2.24) is 19.6 Å². The fraction of sp³-hybridized carbons (Fsp3) is 0.118. The molecule has 23 heavy (non-hydrogen) atoms. The Morgan fingerprint density at radius 1 is 1.26 bits per heavy atom. The number of hydrogen-bond donors (Lipinski definition) is 1. The number of hydrogen-bond acceptors (Lipinski definition) is 5. The predicted molar refractivity (Wildman–Crippen MR) is 92.6 cm³/mol. The molecule has 4 rings (SSSR count). The van der Waals surface area contributed by atoms with Gasteiger partial charge in [0.05, 0.1) is 18.4 Å². The van der Waals surface area contributed by atoms with Gasteiger partial charge in [-0.3, -0.25) is 4.98 Å². The Kier molecular flexibility index (Phi) is 3.51. The Morgan fingerprint density at radius 3 is 3.00 bits per heavy atom. The van der Waals surface area contributed by atoms with Crippen LogP contribution >= 0.6 is 11.3 Å². The van der Waals surface area contributed by atoms with E-state index < -0.39 is 0 Å². The van der Waals surface area contributed by atoms with E-state index in [4.69, 9.17) is 0 Å². The number of nitrogens with one attached hydrogen (secondary N) is 1. The van der Waals surface area contributed by atoms with Crippen LogP contribution in [-0.4, -0.2) is 19.6 Å². The molecule has 0 aromatic carbocycles. The minimum absolute atomic E-state index is 0.646. The molecule has 0 aliphatic carbocycles. The molecule has 0 amide bonds. The molecule has 4 aromatic rings. The summed E-state index contributed by atoms with van der Waals surface area (Å²) in [4.78, 5) is 8.99. The first-order valence-electron chi connectivity index (χ1n) is 7.33. The van der Waals surface area contributed by atoms with Crippen molar-refractivity contribution in [3.8, 4) is 11.1 Å². The second-order valence-corrected chi connectivity index (χ2v) is 6.04. The van der Waals surface area contributed by atoms with Gasteiger partial charge in [0.15, 0.2) is 5.65 Å². The fourth-order valence-corrected chi connectivity index (χ4v) is 3.17. The van der Waals surface area contributed by atoms with Crippen LogP contribution in [0.2, 0.25) is 0 Å². The van der Waals surface area contributed by atoms with E-state index in [9.17, 15) is 0 Å². The maximum Gasteiger partial charge on any atom is 0.165 e. The third kappa shape index (κ3) is 2.68. The van der Waals surface area contributed by atoms with E-state index in [0.717, 1.165) is 34.0 Å². The molecule has 5 nitrogen and oxygen atoms in total. The van der Waals surface area contributed by atoms with Crippen molar-refractivity contribution in [2.24, 2.45) is 0 Å². The zero-order valence-corrected chi connectivity index (χ0v) is 13.4. The Balaban J connectivity index is 1.72. The van der Waals surface area contributed by atoms with E-state index in [0.29, 0.717) is 6.54 Å². The van der Waals surface area contributed by atoms with Crippen LogP contribution in [0.15, 0.2) is 53.5 Å². The first-order valence-corrected chi connectivity index (χ1v) is 8.27. The molecular formula is C17H15N5S. The maximum absolute atomic E-state index is 4.66. The van der Waals surface area contributed by atoms with Crippen molar-refractivity contribution in [1.29, 1.82) is 0 Å². The number of aryl methyl sites for hydroxylation is 1. The van der Waals surface area contributed by atoms with E-state index in [1.165, 1.54) is 0 Å². The predicted octanol–water partition coefficient (Wildman–Crippen LogP) is 3.77. The molecule has 0 saturated carbocycles. The standard InChI is InChI=1S/C17H15N5S/c1-12-8-16(19-9-14-4-2-3-6-18-14)22-17(21-12)15(10-20-22)13-5-7-23-11-13/h2-8,10-11,19H,9H2,1H3. The number of nitrogens with zero attached hydrogens (tertiary/aromatic N) is 4. The molecule has 0 radical (unpaired) electrons. The van der Waals surface area contributed by atoms with Gasteiger partial charge in [0.25, 0.3) is 0 Å². The average molecular weight is 321 g/mol. The summed E-state index contributed by atoms with van der Waals surface area (Å²) in [6.07, 6.45) is 3.67. The van der Waals surface area contributed by atoms with Gasteiger partial charge in [-0.25, -0.2) is 4.98 Å². The molecule has 0 atom stereocenters. The molecule has 4 aromatic heterocycles. The molecule has 114 valence electrons. The van der Waals surface area contributed by atoms with E-state index in [-0.39, 0.29) is 0 Å². The fourth-order valence-electron chi connectivity index (χ4n) is 2.52. The van der Waals surface area contributed by atoms with Gasteiger partial charge in [0.1, 0.15) is 5.82 Å². The molecular weight excluding hydrogens is 306 g/mol. The highest BCUT2D eigenvalue weighted by Gasteiger charge is 2.12. The maximum atomic E-state index is 4.66. The van der Waals surface area contributed by atoms with Gasteiger partial charge in [-0.2, -0.15) is 21.0 Å². The number of anilines is 1. The van der Waals surface area contributed by atoms with E-state index in [1.807, 2.05) is 41.9 Å². The van der Waals surface area contributed by atoms with Crippen molar-refractivity contribution in [3.05, 3.63) is 64.9 Å². The molecule has 0 bridgehead atoms. The van der Waals surface area contributed by atoms with E-state index >= 15 is 0 Å². The third-order valence-electron chi connectivity index (χ3n) is 3.61. The smallest absolute Gasteiger partial charge is 0.165 e. The van der Waals surface area contributed by atoms with Crippen LogP contribution in [0.4, 0.5) is 5.82 Å². The summed E-state index contributed by atoms with van der Waals surface area (Å²) in [5.74, 6) is 0.916. The second kappa shape index (κ2) is 5.81. The summed E-state index contributed by atoms with van der Waals surface area (Å²) in [6.45, 7) is 2.64. The Labute approximate surface area is 137 Å². The normalized spacial score (nSPS) is 11.0. The number of pyridine rings is 1. The largest absolute Gasteiger partial charge is 0.364 e. The summed E-state index contributed by atoms with van der Waals surface area (Å²) in [7, 11) is 0. The molecule has 0 spiro atoms. The van der Waals surface area contributed by atoms with Crippen LogP contribution in [0.25, 0.3) is 16.8 Å². The van der Waals surface area contributed by atoms with Crippen LogP contribution in [0.5, 0.6) is 0 Å². The molecule has 4 heterocycles. The number of rotatable bonds is 4. The van der Waals surface area contributed by atoms with Crippen LogP contribution in [0, 0.1) is 6.92 Å². The zero-order valence-electron chi connectivity index (χ0n) is 12.6. The van der Waals surface area contributed by atoms with Gasteiger partial charge in [-0.1, -0.05) is 6.07 Å². The van der Waals surface area contributed by atoms with Crippen LogP contribution in [0.1, 0.15) is 11.4 Å². The van der Waals surface area contributed by atoms with Gasteiger partial charge in [0.2, 0.25) is 0 Å². The van der Waals surface area contributed by atoms with Crippen molar-refractivity contribution >= 4 is 22.8 Å². The lowest BCUT2D eigenvalue weighted by atomic mass is 10.2. The third-order valence-corrected chi connectivity index (χ3v) is 4.29. The molecule has 6 heteroatoms. The molecule has 1 N–H and O–H groups in total. The van der Waals surface area contributed by atoms with Crippen molar-refractivity contribution in [3.63, 3.8) is 0 Å². The summed E-state index contributed by atoms with van der Waals surface area (Å²) >= 11 is 1.67. The number of thiophene rings is 1. The van der Waals surface area contributed by atoms with Crippen molar-refractivity contribution in [2.45, 2.75) is 13.5 Å². The molecule has 0 fully saturated rings. The minimum Gasteiger partial charge on any atom is -0.364 e.